The Labute approximate surface area is 79.0 Å². The number of rotatable bonds is 3. The third-order valence-corrected chi connectivity index (χ3v) is 2.69. The highest BCUT2D eigenvalue weighted by atomic mass is 15.3. The van der Waals surface area contributed by atoms with E-state index >= 15 is 0 Å². The van der Waals surface area contributed by atoms with E-state index in [9.17, 15) is 0 Å². The first-order valence-corrected chi connectivity index (χ1v) is 5.10. The maximum absolute atomic E-state index is 5.37. The summed E-state index contributed by atoms with van der Waals surface area (Å²) in [7, 11) is 0. The van der Waals surface area contributed by atoms with Gasteiger partial charge in [-0.15, -0.1) is 0 Å². The van der Waals surface area contributed by atoms with Crippen LogP contribution in [0.15, 0.2) is 4.99 Å². The van der Waals surface area contributed by atoms with Crippen LogP contribution in [0.5, 0.6) is 0 Å². The van der Waals surface area contributed by atoms with Crippen molar-refractivity contribution >= 4 is 5.96 Å². The number of aliphatic imine (C=N–C) groups is 1. The number of nitrogens with one attached hydrogen (secondary N) is 2. The van der Waals surface area contributed by atoms with Crippen molar-refractivity contribution in [2.45, 2.75) is 44.7 Å². The van der Waals surface area contributed by atoms with Crippen LogP contribution in [0.4, 0.5) is 0 Å². The van der Waals surface area contributed by atoms with Crippen LogP contribution in [0.1, 0.15) is 32.6 Å². The third-order valence-electron chi connectivity index (χ3n) is 2.69. The fourth-order valence-electron chi connectivity index (χ4n) is 1.43. The van der Waals surface area contributed by atoms with Crippen molar-refractivity contribution in [2.75, 3.05) is 0 Å². The molecular weight excluding hydrogens is 164 g/mol. The summed E-state index contributed by atoms with van der Waals surface area (Å²) in [5.41, 5.74) is 2.63. The lowest BCUT2D eigenvalue weighted by Gasteiger charge is -2.15. The molecule has 1 unspecified atom stereocenters. The van der Waals surface area contributed by atoms with Gasteiger partial charge in [-0.1, -0.05) is 0 Å². The van der Waals surface area contributed by atoms with Crippen LogP contribution in [-0.2, 0) is 0 Å². The molecule has 0 radical (unpaired) electrons. The highest BCUT2D eigenvalue weighted by Gasteiger charge is 2.29. The van der Waals surface area contributed by atoms with Crippen LogP contribution in [0.2, 0.25) is 0 Å². The highest BCUT2D eigenvalue weighted by Crippen LogP contribution is 2.32. The summed E-state index contributed by atoms with van der Waals surface area (Å²) in [5.74, 6) is 6.97. The van der Waals surface area contributed by atoms with Gasteiger partial charge in [0.15, 0.2) is 0 Å². The fraction of sp³-hybridized carbons (Fsp3) is 0.889. The number of nitrogens with two attached hydrogens (primary N) is 1. The van der Waals surface area contributed by atoms with Crippen LogP contribution in [0.25, 0.3) is 0 Å². The van der Waals surface area contributed by atoms with Crippen molar-refractivity contribution in [3.63, 3.8) is 0 Å². The Morgan fingerprint density at radius 3 is 2.54 bits per heavy atom. The molecule has 2 fully saturated rings. The lowest BCUT2D eigenvalue weighted by atomic mass is 10.2. The zero-order valence-corrected chi connectivity index (χ0v) is 8.09. The maximum Gasteiger partial charge on any atom is 0.206 e. The summed E-state index contributed by atoms with van der Waals surface area (Å²) >= 11 is 0. The zero-order chi connectivity index (χ0) is 9.26. The van der Waals surface area contributed by atoms with Crippen molar-refractivity contribution < 1.29 is 0 Å². The molecule has 0 heterocycles. The number of guanidine groups is 1. The zero-order valence-electron chi connectivity index (χ0n) is 8.09. The first-order chi connectivity index (χ1) is 6.29. The Balaban J connectivity index is 1.81. The molecule has 0 bridgehead atoms. The molecule has 13 heavy (non-hydrogen) atoms. The Morgan fingerprint density at radius 2 is 2.08 bits per heavy atom. The maximum atomic E-state index is 5.37. The molecule has 0 aromatic rings. The number of hydrogen-bond donors (Lipinski definition) is 3. The molecule has 4 heteroatoms. The molecule has 0 saturated heterocycles. The average Bonchev–Trinajstić information content (AvgIpc) is 2.96. The van der Waals surface area contributed by atoms with Gasteiger partial charge in [-0.05, 0) is 38.5 Å². The molecule has 2 rings (SSSR count). The van der Waals surface area contributed by atoms with E-state index in [1.54, 1.807) is 0 Å². The normalized spacial score (nSPS) is 25.5. The minimum absolute atomic E-state index is 0.508. The van der Waals surface area contributed by atoms with Gasteiger partial charge in [0.1, 0.15) is 0 Å². The first-order valence-electron chi connectivity index (χ1n) is 5.10. The van der Waals surface area contributed by atoms with E-state index in [0.717, 1.165) is 11.9 Å². The van der Waals surface area contributed by atoms with Gasteiger partial charge in [-0.2, -0.15) is 0 Å². The Morgan fingerprint density at radius 1 is 1.38 bits per heavy atom. The molecule has 0 aromatic heterocycles. The lowest BCUT2D eigenvalue weighted by Crippen LogP contribution is -2.46. The number of nitrogens with zero attached hydrogens (tertiary/aromatic N) is 1. The summed E-state index contributed by atoms with van der Waals surface area (Å²) in [5, 5.41) is 3.31. The molecule has 0 amide bonds. The van der Waals surface area contributed by atoms with Crippen LogP contribution in [-0.4, -0.2) is 18.0 Å². The minimum Gasteiger partial charge on any atom is -0.353 e. The summed E-state index contributed by atoms with van der Waals surface area (Å²) in [6.45, 7) is 2.19. The second-order valence-electron chi connectivity index (χ2n) is 4.12. The van der Waals surface area contributed by atoms with Gasteiger partial charge in [0, 0.05) is 6.04 Å². The SMILES string of the molecule is CC(NC(=NC1CC1)NN)C1CC1. The van der Waals surface area contributed by atoms with E-state index in [4.69, 9.17) is 5.84 Å². The van der Waals surface area contributed by atoms with Gasteiger partial charge in [-0.3, -0.25) is 5.43 Å². The second-order valence-corrected chi connectivity index (χ2v) is 4.12. The first kappa shape index (κ1) is 8.81. The molecular formula is C9H18N4. The standard InChI is InChI=1S/C9H18N4/c1-6(7-2-3-7)11-9(13-10)12-8-4-5-8/h6-8H,2-5,10H2,1H3,(H2,11,12,13). The molecule has 74 valence electrons. The number of hydrogen-bond acceptors (Lipinski definition) is 2. The Bertz CT molecular complexity index is 206. The highest BCUT2D eigenvalue weighted by molar-refractivity contribution is 5.79. The molecule has 1 atom stereocenters. The lowest BCUT2D eigenvalue weighted by molar-refractivity contribution is 0.575. The monoisotopic (exact) mass is 182 g/mol. The van der Waals surface area contributed by atoms with E-state index in [1.165, 1.54) is 25.7 Å². The van der Waals surface area contributed by atoms with Crippen LogP contribution >= 0.6 is 0 Å². The largest absolute Gasteiger partial charge is 0.353 e. The molecule has 2 aliphatic rings. The van der Waals surface area contributed by atoms with Gasteiger partial charge >= 0.3 is 0 Å². The average molecular weight is 182 g/mol. The predicted molar refractivity (Wildman–Crippen MR) is 53.1 cm³/mol. The Hall–Kier alpha value is -0.770. The van der Waals surface area contributed by atoms with Crippen LogP contribution in [0, 0.1) is 5.92 Å². The topological polar surface area (TPSA) is 62.4 Å². The molecule has 4 N–H and O–H groups in total. The van der Waals surface area contributed by atoms with Gasteiger partial charge in [0.25, 0.3) is 0 Å². The van der Waals surface area contributed by atoms with E-state index < -0.39 is 0 Å². The summed E-state index contributed by atoms with van der Waals surface area (Å²) in [6.07, 6.45) is 5.11. The summed E-state index contributed by atoms with van der Waals surface area (Å²) < 4.78 is 0. The van der Waals surface area contributed by atoms with E-state index in [-0.39, 0.29) is 0 Å². The van der Waals surface area contributed by atoms with Crippen molar-refractivity contribution in [3.8, 4) is 0 Å². The minimum atomic E-state index is 0.508. The molecule has 0 aliphatic heterocycles. The van der Waals surface area contributed by atoms with Crippen LogP contribution < -0.4 is 16.6 Å². The predicted octanol–water partition coefficient (Wildman–Crippen LogP) is 0.356. The quantitative estimate of drug-likeness (QED) is 0.255. The number of hydrazine groups is 1. The van der Waals surface area contributed by atoms with Crippen molar-refractivity contribution in [2.24, 2.45) is 16.8 Å². The van der Waals surface area contributed by atoms with Gasteiger partial charge in [0.05, 0.1) is 6.04 Å². The van der Waals surface area contributed by atoms with E-state index in [2.05, 4.69) is 22.7 Å². The Kier molecular flexibility index (Phi) is 2.40. The molecule has 2 saturated carbocycles. The summed E-state index contributed by atoms with van der Waals surface area (Å²) in [4.78, 5) is 4.43. The van der Waals surface area contributed by atoms with Crippen molar-refractivity contribution in [1.29, 1.82) is 0 Å². The third kappa shape index (κ3) is 2.59. The molecule has 2 aliphatic carbocycles. The van der Waals surface area contributed by atoms with E-state index in [0.29, 0.717) is 12.1 Å². The fourth-order valence-corrected chi connectivity index (χ4v) is 1.43. The van der Waals surface area contributed by atoms with Crippen molar-refractivity contribution in [3.05, 3.63) is 0 Å². The van der Waals surface area contributed by atoms with Crippen LogP contribution in [0.3, 0.4) is 0 Å². The molecule has 4 nitrogen and oxygen atoms in total. The smallest absolute Gasteiger partial charge is 0.206 e. The van der Waals surface area contributed by atoms with Gasteiger partial charge < -0.3 is 5.32 Å². The van der Waals surface area contributed by atoms with Crippen molar-refractivity contribution in [1.82, 2.24) is 10.7 Å². The molecule has 0 aromatic carbocycles. The summed E-state index contributed by atoms with van der Waals surface area (Å²) in [6, 6.07) is 1.03. The van der Waals surface area contributed by atoms with Gasteiger partial charge in [0.2, 0.25) is 5.96 Å². The van der Waals surface area contributed by atoms with E-state index in [1.807, 2.05) is 0 Å². The second kappa shape index (κ2) is 3.54. The molecule has 0 spiro atoms. The van der Waals surface area contributed by atoms with Gasteiger partial charge in [-0.25, -0.2) is 10.8 Å².